The Kier molecular flexibility index (Phi) is 3.27. The van der Waals surface area contributed by atoms with Gasteiger partial charge in [0.25, 0.3) is 0 Å². The van der Waals surface area contributed by atoms with Gasteiger partial charge in [-0.15, -0.1) is 22.7 Å². The molecule has 3 rings (SSSR count). The minimum absolute atomic E-state index is 0.340. The second kappa shape index (κ2) is 4.83. The Morgan fingerprint density at radius 3 is 2.65 bits per heavy atom. The molecule has 104 valence electrons. The lowest BCUT2D eigenvalue weighted by Crippen LogP contribution is -2.09. The van der Waals surface area contributed by atoms with Crippen LogP contribution in [-0.2, 0) is 6.18 Å². The summed E-state index contributed by atoms with van der Waals surface area (Å²) in [5, 5.41) is 2.53. The summed E-state index contributed by atoms with van der Waals surface area (Å²) < 4.78 is 38.7. The van der Waals surface area contributed by atoms with E-state index in [-0.39, 0.29) is 6.04 Å². The molecule has 0 fully saturated rings. The van der Waals surface area contributed by atoms with Crippen LogP contribution in [-0.4, -0.2) is 4.98 Å². The molecule has 0 spiro atoms. The zero-order valence-electron chi connectivity index (χ0n) is 10.0. The van der Waals surface area contributed by atoms with Gasteiger partial charge < -0.3 is 5.73 Å². The summed E-state index contributed by atoms with van der Waals surface area (Å²) in [4.78, 5) is 5.19. The van der Waals surface area contributed by atoms with E-state index in [1.54, 1.807) is 0 Å². The molecule has 0 saturated carbocycles. The van der Waals surface area contributed by atoms with Crippen molar-refractivity contribution in [1.29, 1.82) is 0 Å². The lowest BCUT2D eigenvalue weighted by molar-refractivity contribution is -0.137. The van der Waals surface area contributed by atoms with Gasteiger partial charge in [0, 0.05) is 4.88 Å². The van der Waals surface area contributed by atoms with Gasteiger partial charge in [0.2, 0.25) is 0 Å². The molecule has 0 aliphatic heterocycles. The number of halogens is 3. The van der Waals surface area contributed by atoms with Crippen molar-refractivity contribution in [3.05, 3.63) is 51.2 Å². The SMILES string of the molecule is NC(c1cccs1)c1nc2cc(C(F)(F)F)ccc2s1. The number of thiazole rings is 1. The third kappa shape index (κ3) is 2.44. The summed E-state index contributed by atoms with van der Waals surface area (Å²) in [6, 6.07) is 6.97. The van der Waals surface area contributed by atoms with Crippen LogP contribution in [0.5, 0.6) is 0 Å². The molecule has 20 heavy (non-hydrogen) atoms. The van der Waals surface area contributed by atoms with Gasteiger partial charge in [-0.3, -0.25) is 0 Å². The molecular weight excluding hydrogens is 305 g/mol. The van der Waals surface area contributed by atoms with Crippen LogP contribution >= 0.6 is 22.7 Å². The molecule has 2 nitrogen and oxygen atoms in total. The zero-order valence-corrected chi connectivity index (χ0v) is 11.6. The van der Waals surface area contributed by atoms with Crippen LogP contribution in [0.4, 0.5) is 13.2 Å². The van der Waals surface area contributed by atoms with Gasteiger partial charge in [-0.1, -0.05) is 6.07 Å². The summed E-state index contributed by atoms with van der Waals surface area (Å²) in [7, 11) is 0. The van der Waals surface area contributed by atoms with Crippen LogP contribution < -0.4 is 5.73 Å². The monoisotopic (exact) mass is 314 g/mol. The number of nitrogens with zero attached hydrogens (tertiary/aromatic N) is 1. The summed E-state index contributed by atoms with van der Waals surface area (Å²) in [6.45, 7) is 0. The Hall–Kier alpha value is -1.44. The molecule has 3 aromatic rings. The molecule has 0 aliphatic rings. The average Bonchev–Trinajstić information content (AvgIpc) is 3.05. The largest absolute Gasteiger partial charge is 0.416 e. The van der Waals surface area contributed by atoms with E-state index in [9.17, 15) is 13.2 Å². The van der Waals surface area contributed by atoms with E-state index in [1.807, 2.05) is 17.5 Å². The van der Waals surface area contributed by atoms with Gasteiger partial charge in [0.1, 0.15) is 5.01 Å². The second-order valence-electron chi connectivity index (χ2n) is 4.23. The molecule has 0 amide bonds. The van der Waals surface area contributed by atoms with E-state index in [4.69, 9.17) is 5.73 Å². The lowest BCUT2D eigenvalue weighted by Gasteiger charge is -2.05. The normalized spacial score (nSPS) is 13.8. The van der Waals surface area contributed by atoms with Gasteiger partial charge >= 0.3 is 6.18 Å². The van der Waals surface area contributed by atoms with E-state index in [0.717, 1.165) is 17.0 Å². The van der Waals surface area contributed by atoms with Crippen LogP contribution in [0.1, 0.15) is 21.5 Å². The maximum Gasteiger partial charge on any atom is 0.416 e. The van der Waals surface area contributed by atoms with Crippen LogP contribution in [0.2, 0.25) is 0 Å². The first-order chi connectivity index (χ1) is 9.45. The predicted octanol–water partition coefficient (Wildman–Crippen LogP) is 4.42. The topological polar surface area (TPSA) is 38.9 Å². The molecule has 7 heteroatoms. The zero-order chi connectivity index (χ0) is 14.3. The fraction of sp³-hybridized carbons (Fsp3) is 0.154. The third-order valence-electron chi connectivity index (χ3n) is 2.85. The molecular formula is C13H9F3N2S2. The Balaban J connectivity index is 2.03. The van der Waals surface area contributed by atoms with Gasteiger partial charge in [-0.2, -0.15) is 13.2 Å². The summed E-state index contributed by atoms with van der Waals surface area (Å²) in [5.74, 6) is 0. The van der Waals surface area contributed by atoms with E-state index in [1.165, 1.54) is 28.7 Å². The number of fused-ring (bicyclic) bond motifs is 1. The number of hydrogen-bond acceptors (Lipinski definition) is 4. The fourth-order valence-corrected chi connectivity index (χ4v) is 3.62. The molecule has 1 aromatic carbocycles. The standard InChI is InChI=1S/C13H9F3N2S2/c14-13(15,16)7-3-4-9-8(6-7)18-12(20-9)11(17)10-2-1-5-19-10/h1-6,11H,17H2. The van der Waals surface area contributed by atoms with Crippen molar-refractivity contribution in [2.75, 3.05) is 0 Å². The highest BCUT2D eigenvalue weighted by Crippen LogP contribution is 2.35. The van der Waals surface area contributed by atoms with Crippen molar-refractivity contribution >= 4 is 32.9 Å². The molecule has 0 saturated heterocycles. The minimum Gasteiger partial charge on any atom is -0.318 e. The first kappa shape index (κ1) is 13.5. The average molecular weight is 314 g/mol. The lowest BCUT2D eigenvalue weighted by atomic mass is 10.2. The summed E-state index contributed by atoms with van der Waals surface area (Å²) in [6.07, 6.45) is -4.35. The molecule has 0 aliphatic carbocycles. The number of rotatable bonds is 2. The molecule has 2 heterocycles. The second-order valence-corrected chi connectivity index (χ2v) is 6.27. The maximum absolute atomic E-state index is 12.7. The van der Waals surface area contributed by atoms with Gasteiger partial charge in [-0.05, 0) is 29.6 Å². The number of nitrogens with two attached hydrogens (primary N) is 1. The number of benzene rings is 1. The van der Waals surface area contributed by atoms with Crippen molar-refractivity contribution in [2.24, 2.45) is 5.73 Å². The van der Waals surface area contributed by atoms with Crippen LogP contribution in [0.3, 0.4) is 0 Å². The maximum atomic E-state index is 12.7. The summed E-state index contributed by atoms with van der Waals surface area (Å²) in [5.41, 5.74) is 5.74. The van der Waals surface area contributed by atoms with Crippen molar-refractivity contribution in [2.45, 2.75) is 12.2 Å². The van der Waals surface area contributed by atoms with Crippen molar-refractivity contribution in [3.8, 4) is 0 Å². The number of thiophene rings is 1. The van der Waals surface area contributed by atoms with Crippen LogP contribution in [0.15, 0.2) is 35.7 Å². The van der Waals surface area contributed by atoms with Gasteiger partial charge in [-0.25, -0.2) is 4.98 Å². The first-order valence-electron chi connectivity index (χ1n) is 5.72. The van der Waals surface area contributed by atoms with Crippen molar-refractivity contribution in [1.82, 2.24) is 4.98 Å². The number of hydrogen-bond donors (Lipinski definition) is 1. The Labute approximate surface area is 120 Å². The Morgan fingerprint density at radius 1 is 1.20 bits per heavy atom. The highest BCUT2D eigenvalue weighted by Gasteiger charge is 2.31. The van der Waals surface area contributed by atoms with Gasteiger partial charge in [0.05, 0.1) is 21.8 Å². The first-order valence-corrected chi connectivity index (χ1v) is 7.41. The highest BCUT2D eigenvalue weighted by molar-refractivity contribution is 7.18. The third-order valence-corrected chi connectivity index (χ3v) is 4.92. The van der Waals surface area contributed by atoms with E-state index >= 15 is 0 Å². The molecule has 0 radical (unpaired) electrons. The minimum atomic E-state index is -4.35. The molecule has 2 aromatic heterocycles. The molecule has 1 atom stereocenters. The molecule has 0 bridgehead atoms. The quantitative estimate of drug-likeness (QED) is 0.760. The van der Waals surface area contributed by atoms with Crippen molar-refractivity contribution < 1.29 is 13.2 Å². The van der Waals surface area contributed by atoms with E-state index < -0.39 is 11.7 Å². The molecule has 2 N–H and O–H groups in total. The predicted molar refractivity (Wildman–Crippen MR) is 75.0 cm³/mol. The number of aromatic nitrogens is 1. The van der Waals surface area contributed by atoms with E-state index in [2.05, 4.69) is 4.98 Å². The molecule has 1 unspecified atom stereocenters. The smallest absolute Gasteiger partial charge is 0.318 e. The Bertz CT molecular complexity index is 732. The van der Waals surface area contributed by atoms with Crippen LogP contribution in [0.25, 0.3) is 10.2 Å². The Morgan fingerprint density at radius 2 is 2.00 bits per heavy atom. The fourth-order valence-electron chi connectivity index (χ4n) is 1.84. The van der Waals surface area contributed by atoms with Gasteiger partial charge in [0.15, 0.2) is 0 Å². The highest BCUT2D eigenvalue weighted by atomic mass is 32.1. The number of alkyl halides is 3. The van der Waals surface area contributed by atoms with Crippen molar-refractivity contribution in [3.63, 3.8) is 0 Å². The van der Waals surface area contributed by atoms with Crippen LogP contribution in [0, 0.1) is 0 Å². The van der Waals surface area contributed by atoms with E-state index in [0.29, 0.717) is 15.2 Å². The summed E-state index contributed by atoms with van der Waals surface area (Å²) >= 11 is 2.83.